The van der Waals surface area contributed by atoms with E-state index in [0.29, 0.717) is 12.5 Å². The molecule has 4 nitrogen and oxygen atoms in total. The molecule has 1 aromatic heterocycles. The van der Waals surface area contributed by atoms with E-state index in [2.05, 4.69) is 24.1 Å². The molecule has 0 amide bonds. The normalized spacial score (nSPS) is 22.3. The number of nitrogens with zero attached hydrogens (tertiary/aromatic N) is 1. The number of morpholine rings is 1. The van der Waals surface area contributed by atoms with Crippen LogP contribution in [-0.2, 0) is 4.74 Å². The fourth-order valence-electron chi connectivity index (χ4n) is 1.84. The molecule has 1 aliphatic heterocycles. The first-order valence-corrected chi connectivity index (χ1v) is 5.47. The van der Waals surface area contributed by atoms with E-state index in [4.69, 9.17) is 9.15 Å². The van der Waals surface area contributed by atoms with Gasteiger partial charge in [0.2, 0.25) is 5.89 Å². The van der Waals surface area contributed by atoms with Crippen LogP contribution in [0.2, 0.25) is 0 Å². The molecule has 1 N–H and O–H groups in total. The average molecular weight is 210 g/mol. The summed E-state index contributed by atoms with van der Waals surface area (Å²) in [5.41, 5.74) is 1.05. The van der Waals surface area contributed by atoms with Gasteiger partial charge in [0.05, 0.1) is 18.9 Å². The molecule has 1 aromatic rings. The van der Waals surface area contributed by atoms with Gasteiger partial charge >= 0.3 is 0 Å². The van der Waals surface area contributed by atoms with E-state index in [1.165, 1.54) is 0 Å². The molecule has 0 saturated carbocycles. The summed E-state index contributed by atoms with van der Waals surface area (Å²) >= 11 is 0. The van der Waals surface area contributed by atoms with E-state index in [1.54, 1.807) is 0 Å². The van der Waals surface area contributed by atoms with Gasteiger partial charge in [0.15, 0.2) is 0 Å². The van der Waals surface area contributed by atoms with Crippen LogP contribution >= 0.6 is 0 Å². The van der Waals surface area contributed by atoms with Crippen LogP contribution in [0.1, 0.15) is 43.2 Å². The van der Waals surface area contributed by atoms with Crippen molar-refractivity contribution >= 4 is 0 Å². The first-order valence-electron chi connectivity index (χ1n) is 5.47. The van der Waals surface area contributed by atoms with E-state index >= 15 is 0 Å². The lowest BCUT2D eigenvalue weighted by atomic mass is 10.1. The number of nitrogens with one attached hydrogen (secondary N) is 1. The summed E-state index contributed by atoms with van der Waals surface area (Å²) in [6.07, 6.45) is 0. The summed E-state index contributed by atoms with van der Waals surface area (Å²) in [7, 11) is 0. The lowest BCUT2D eigenvalue weighted by Gasteiger charge is -2.20. The van der Waals surface area contributed by atoms with Gasteiger partial charge in [-0.15, -0.1) is 0 Å². The van der Waals surface area contributed by atoms with Crippen molar-refractivity contribution in [2.75, 3.05) is 19.8 Å². The van der Waals surface area contributed by atoms with Crippen molar-refractivity contribution in [3.05, 3.63) is 17.3 Å². The first kappa shape index (κ1) is 10.6. The summed E-state index contributed by atoms with van der Waals surface area (Å²) in [4.78, 5) is 4.52. The molecule has 1 atom stereocenters. The van der Waals surface area contributed by atoms with E-state index in [9.17, 15) is 0 Å². The lowest BCUT2D eigenvalue weighted by Crippen LogP contribution is -2.34. The van der Waals surface area contributed by atoms with Crippen LogP contribution in [0.5, 0.6) is 0 Å². The van der Waals surface area contributed by atoms with Gasteiger partial charge < -0.3 is 14.5 Å². The van der Waals surface area contributed by atoms with Crippen LogP contribution in [0.15, 0.2) is 4.42 Å². The van der Waals surface area contributed by atoms with E-state index in [1.807, 2.05) is 6.92 Å². The van der Waals surface area contributed by atoms with Crippen molar-refractivity contribution in [1.82, 2.24) is 10.3 Å². The monoisotopic (exact) mass is 210 g/mol. The summed E-state index contributed by atoms with van der Waals surface area (Å²) in [6.45, 7) is 8.50. The first-order chi connectivity index (χ1) is 7.18. The number of aryl methyl sites for hydroxylation is 1. The smallest absolute Gasteiger partial charge is 0.214 e. The van der Waals surface area contributed by atoms with Gasteiger partial charge in [-0.25, -0.2) is 4.98 Å². The standard InChI is InChI=1S/C11H18N2O2/c1-7(2)10-8(3)15-11(13-10)9-6-14-5-4-12-9/h7,9,12H,4-6H2,1-3H3. The maximum absolute atomic E-state index is 5.66. The SMILES string of the molecule is Cc1oc(C2COCCN2)nc1C(C)C. The van der Waals surface area contributed by atoms with Crippen LogP contribution in [0.4, 0.5) is 0 Å². The second kappa shape index (κ2) is 4.33. The molecule has 0 aromatic carbocycles. The number of ether oxygens (including phenoxy) is 1. The fourth-order valence-corrected chi connectivity index (χ4v) is 1.84. The van der Waals surface area contributed by atoms with Crippen LogP contribution in [-0.4, -0.2) is 24.7 Å². The van der Waals surface area contributed by atoms with Gasteiger partial charge in [0.25, 0.3) is 0 Å². The van der Waals surface area contributed by atoms with E-state index in [0.717, 1.165) is 30.5 Å². The van der Waals surface area contributed by atoms with Gasteiger partial charge in [0.1, 0.15) is 11.8 Å². The quantitative estimate of drug-likeness (QED) is 0.808. The van der Waals surface area contributed by atoms with Crippen molar-refractivity contribution in [2.24, 2.45) is 0 Å². The highest BCUT2D eigenvalue weighted by Gasteiger charge is 2.22. The second-order valence-electron chi connectivity index (χ2n) is 4.23. The van der Waals surface area contributed by atoms with E-state index < -0.39 is 0 Å². The van der Waals surface area contributed by atoms with Crippen molar-refractivity contribution < 1.29 is 9.15 Å². The molecule has 1 fully saturated rings. The average Bonchev–Trinajstić information content (AvgIpc) is 2.62. The number of rotatable bonds is 2. The third kappa shape index (κ3) is 2.21. The molecule has 1 aliphatic rings. The maximum Gasteiger partial charge on any atom is 0.214 e. The minimum atomic E-state index is 0.116. The van der Waals surface area contributed by atoms with Crippen LogP contribution in [0, 0.1) is 6.92 Å². The molecule has 1 saturated heterocycles. The highest BCUT2D eigenvalue weighted by Crippen LogP contribution is 2.23. The number of hydrogen-bond acceptors (Lipinski definition) is 4. The molecule has 2 rings (SSSR count). The summed E-state index contributed by atoms with van der Waals surface area (Å²) in [5.74, 6) is 2.09. The Kier molecular flexibility index (Phi) is 3.07. The van der Waals surface area contributed by atoms with Crippen molar-refractivity contribution in [3.63, 3.8) is 0 Å². The Bertz CT molecular complexity index is 327. The molecule has 0 radical (unpaired) electrons. The second-order valence-corrected chi connectivity index (χ2v) is 4.23. The molecular weight excluding hydrogens is 192 g/mol. The zero-order valence-electron chi connectivity index (χ0n) is 9.54. The number of hydrogen-bond donors (Lipinski definition) is 1. The molecule has 84 valence electrons. The molecule has 0 spiro atoms. The van der Waals surface area contributed by atoms with Gasteiger partial charge in [-0.2, -0.15) is 0 Å². The highest BCUT2D eigenvalue weighted by atomic mass is 16.5. The molecule has 0 bridgehead atoms. The number of aromatic nitrogens is 1. The Labute approximate surface area is 90.0 Å². The summed E-state index contributed by atoms with van der Waals surface area (Å²) in [6, 6.07) is 0.116. The van der Waals surface area contributed by atoms with Gasteiger partial charge in [-0.3, -0.25) is 0 Å². The molecular formula is C11H18N2O2. The Balaban J connectivity index is 2.17. The van der Waals surface area contributed by atoms with Crippen LogP contribution in [0.3, 0.4) is 0 Å². The zero-order chi connectivity index (χ0) is 10.8. The fraction of sp³-hybridized carbons (Fsp3) is 0.727. The third-order valence-corrected chi connectivity index (χ3v) is 2.62. The van der Waals surface area contributed by atoms with Crippen molar-refractivity contribution in [3.8, 4) is 0 Å². The molecule has 2 heterocycles. The Morgan fingerprint density at radius 2 is 2.27 bits per heavy atom. The Morgan fingerprint density at radius 1 is 1.47 bits per heavy atom. The van der Waals surface area contributed by atoms with Gasteiger partial charge in [-0.1, -0.05) is 13.8 Å². The predicted octanol–water partition coefficient (Wildman–Crippen LogP) is 1.77. The number of oxazole rings is 1. The molecule has 0 aliphatic carbocycles. The minimum Gasteiger partial charge on any atom is -0.444 e. The predicted molar refractivity (Wildman–Crippen MR) is 56.9 cm³/mol. The Morgan fingerprint density at radius 3 is 2.80 bits per heavy atom. The van der Waals surface area contributed by atoms with Crippen LogP contribution in [0.25, 0.3) is 0 Å². The van der Waals surface area contributed by atoms with Gasteiger partial charge in [-0.05, 0) is 12.8 Å². The lowest BCUT2D eigenvalue weighted by molar-refractivity contribution is 0.0678. The largest absolute Gasteiger partial charge is 0.444 e. The van der Waals surface area contributed by atoms with Crippen molar-refractivity contribution in [2.45, 2.75) is 32.7 Å². The van der Waals surface area contributed by atoms with Crippen LogP contribution < -0.4 is 5.32 Å². The highest BCUT2D eigenvalue weighted by molar-refractivity contribution is 5.13. The summed E-state index contributed by atoms with van der Waals surface area (Å²) in [5, 5.41) is 3.33. The molecule has 4 heteroatoms. The van der Waals surface area contributed by atoms with Gasteiger partial charge in [0, 0.05) is 6.54 Å². The Hall–Kier alpha value is -0.870. The summed E-state index contributed by atoms with van der Waals surface area (Å²) < 4.78 is 11.0. The van der Waals surface area contributed by atoms with Crippen molar-refractivity contribution in [1.29, 1.82) is 0 Å². The topological polar surface area (TPSA) is 47.3 Å². The van der Waals surface area contributed by atoms with E-state index in [-0.39, 0.29) is 6.04 Å². The minimum absolute atomic E-state index is 0.116. The maximum atomic E-state index is 5.66. The molecule has 1 unspecified atom stereocenters. The molecule has 15 heavy (non-hydrogen) atoms. The zero-order valence-corrected chi connectivity index (χ0v) is 9.54. The third-order valence-electron chi connectivity index (χ3n) is 2.62.